The molecule has 1 aromatic carbocycles. The van der Waals surface area contributed by atoms with Crippen LogP contribution in [0.1, 0.15) is 23.1 Å². The van der Waals surface area contributed by atoms with E-state index in [2.05, 4.69) is 21.0 Å². The molecule has 2 N–H and O–H groups in total. The second kappa shape index (κ2) is 6.76. The van der Waals surface area contributed by atoms with E-state index in [-0.39, 0.29) is 18.2 Å². The Hall–Kier alpha value is -2.79. The number of nitrogens with two attached hydrogens (primary N) is 1. The van der Waals surface area contributed by atoms with E-state index in [4.69, 9.17) is 10.5 Å². The number of nitrogen functional groups attached to an aromatic ring is 1. The van der Waals surface area contributed by atoms with E-state index in [1.54, 1.807) is 6.07 Å². The fraction of sp³-hybridized carbons (Fsp3) is 0.312. The summed E-state index contributed by atoms with van der Waals surface area (Å²) in [4.78, 5) is 0. The van der Waals surface area contributed by atoms with Gasteiger partial charge in [0.25, 0.3) is 0 Å². The fourth-order valence-corrected chi connectivity index (χ4v) is 2.70. The Balaban J connectivity index is 2.16. The lowest BCUT2D eigenvalue weighted by molar-refractivity contribution is -0.0499. The highest BCUT2D eigenvalue weighted by Gasteiger charge is 2.20. The van der Waals surface area contributed by atoms with Crippen molar-refractivity contribution in [2.45, 2.75) is 26.1 Å². The van der Waals surface area contributed by atoms with Crippen LogP contribution in [0, 0.1) is 11.3 Å². The van der Waals surface area contributed by atoms with Crippen LogP contribution in [0.2, 0.25) is 0 Å². The summed E-state index contributed by atoms with van der Waals surface area (Å²) in [5, 5.41) is 17.3. The molecule has 0 aliphatic carbocycles. The molecule has 124 valence electrons. The van der Waals surface area contributed by atoms with Gasteiger partial charge in [-0.2, -0.15) is 14.0 Å². The zero-order valence-corrected chi connectivity index (χ0v) is 12.6. The predicted octanol–water partition coefficient (Wildman–Crippen LogP) is 2.66. The van der Waals surface area contributed by atoms with Crippen LogP contribution < -0.4 is 10.5 Å². The molecule has 2 heterocycles. The van der Waals surface area contributed by atoms with Crippen molar-refractivity contribution in [1.82, 2.24) is 10.2 Å². The zero-order chi connectivity index (χ0) is 17.1. The third-order valence-corrected chi connectivity index (χ3v) is 3.74. The Kier molecular flexibility index (Phi) is 4.53. The summed E-state index contributed by atoms with van der Waals surface area (Å²) in [5.74, 6) is 0.118. The minimum atomic E-state index is -2.91. The van der Waals surface area contributed by atoms with Crippen LogP contribution >= 0.6 is 0 Å². The standard InChI is InChI=1S/C16H14F2N4O2/c17-16(18)24-10-3-4-11-9(6-10)8-23-5-1-2-12-13(7-19)15(20)22-21-14(11)12/h3-4,6,16H,1-2,5,8H2,(H2,20,22). The van der Waals surface area contributed by atoms with E-state index >= 15 is 0 Å². The van der Waals surface area contributed by atoms with Gasteiger partial charge in [-0.15, -0.1) is 10.2 Å². The van der Waals surface area contributed by atoms with Crippen LogP contribution in [0.4, 0.5) is 14.6 Å². The number of halogens is 2. The lowest BCUT2D eigenvalue weighted by atomic mass is 9.96. The molecule has 1 aliphatic rings. The number of nitriles is 1. The highest BCUT2D eigenvalue weighted by Crippen LogP contribution is 2.33. The van der Waals surface area contributed by atoms with E-state index in [1.807, 2.05) is 0 Å². The maximum Gasteiger partial charge on any atom is 0.387 e. The Bertz CT molecular complexity index is 805. The minimum absolute atomic E-state index is 0.0389. The normalized spacial score (nSPS) is 13.9. The van der Waals surface area contributed by atoms with Crippen molar-refractivity contribution in [1.29, 1.82) is 5.26 Å². The molecule has 0 saturated carbocycles. The summed E-state index contributed by atoms with van der Waals surface area (Å²) in [7, 11) is 0. The van der Waals surface area contributed by atoms with Gasteiger partial charge in [0.2, 0.25) is 0 Å². The average molecular weight is 332 g/mol. The van der Waals surface area contributed by atoms with Gasteiger partial charge in [-0.1, -0.05) is 0 Å². The first kappa shape index (κ1) is 16.1. The number of ether oxygens (including phenoxy) is 2. The first-order valence-electron chi connectivity index (χ1n) is 7.31. The summed E-state index contributed by atoms with van der Waals surface area (Å²) < 4.78 is 34.8. The Morgan fingerprint density at radius 1 is 1.33 bits per heavy atom. The second-order valence-electron chi connectivity index (χ2n) is 5.25. The summed E-state index contributed by atoms with van der Waals surface area (Å²) in [6.45, 7) is -2.22. The van der Waals surface area contributed by atoms with Gasteiger partial charge in [-0.05, 0) is 36.6 Å². The zero-order valence-electron chi connectivity index (χ0n) is 12.6. The van der Waals surface area contributed by atoms with Gasteiger partial charge in [-0.25, -0.2) is 0 Å². The quantitative estimate of drug-likeness (QED) is 0.908. The van der Waals surface area contributed by atoms with Crippen molar-refractivity contribution in [3.63, 3.8) is 0 Å². The highest BCUT2D eigenvalue weighted by molar-refractivity contribution is 5.72. The number of benzene rings is 1. The van der Waals surface area contributed by atoms with Crippen LogP contribution in [0.3, 0.4) is 0 Å². The smallest absolute Gasteiger partial charge is 0.387 e. The van der Waals surface area contributed by atoms with Gasteiger partial charge in [0.15, 0.2) is 5.82 Å². The number of fused-ring (bicyclic) bond motifs is 3. The maximum absolute atomic E-state index is 12.4. The summed E-state index contributed by atoms with van der Waals surface area (Å²) in [5.41, 5.74) is 8.56. The monoisotopic (exact) mass is 332 g/mol. The predicted molar refractivity (Wildman–Crippen MR) is 81.2 cm³/mol. The number of alkyl halides is 2. The van der Waals surface area contributed by atoms with Gasteiger partial charge in [0, 0.05) is 17.7 Å². The molecular weight excluding hydrogens is 318 g/mol. The van der Waals surface area contributed by atoms with E-state index < -0.39 is 6.61 Å². The molecule has 24 heavy (non-hydrogen) atoms. The topological polar surface area (TPSA) is 94.1 Å². The van der Waals surface area contributed by atoms with Crippen molar-refractivity contribution in [3.05, 3.63) is 34.9 Å². The molecule has 0 saturated heterocycles. The first-order valence-corrected chi connectivity index (χ1v) is 7.31. The van der Waals surface area contributed by atoms with Crippen LogP contribution in [-0.2, 0) is 17.8 Å². The molecule has 1 aromatic heterocycles. The van der Waals surface area contributed by atoms with E-state index in [9.17, 15) is 14.0 Å². The van der Waals surface area contributed by atoms with Crippen molar-refractivity contribution >= 4 is 5.82 Å². The van der Waals surface area contributed by atoms with Crippen molar-refractivity contribution in [3.8, 4) is 23.1 Å². The molecule has 6 nitrogen and oxygen atoms in total. The molecule has 0 amide bonds. The average Bonchev–Trinajstić information content (AvgIpc) is 2.63. The first-order chi connectivity index (χ1) is 11.6. The van der Waals surface area contributed by atoms with E-state index in [0.717, 1.165) is 0 Å². The van der Waals surface area contributed by atoms with Gasteiger partial charge in [0.1, 0.15) is 17.4 Å². The maximum atomic E-state index is 12.4. The largest absolute Gasteiger partial charge is 0.435 e. The Morgan fingerprint density at radius 2 is 2.17 bits per heavy atom. The van der Waals surface area contributed by atoms with Crippen LogP contribution in [0.15, 0.2) is 18.2 Å². The molecule has 2 aromatic rings. The third kappa shape index (κ3) is 3.12. The number of anilines is 1. The number of hydrogen-bond acceptors (Lipinski definition) is 6. The lowest BCUT2D eigenvalue weighted by Gasteiger charge is -2.14. The number of rotatable bonds is 2. The van der Waals surface area contributed by atoms with E-state index in [0.29, 0.717) is 47.4 Å². The minimum Gasteiger partial charge on any atom is -0.435 e. The molecule has 3 rings (SSSR count). The second-order valence-corrected chi connectivity index (χ2v) is 5.25. The molecule has 0 fully saturated rings. The van der Waals surface area contributed by atoms with Gasteiger partial charge >= 0.3 is 6.61 Å². The van der Waals surface area contributed by atoms with Crippen LogP contribution in [0.5, 0.6) is 5.75 Å². The molecule has 0 radical (unpaired) electrons. The van der Waals surface area contributed by atoms with Gasteiger partial charge in [0.05, 0.1) is 12.3 Å². The molecule has 1 aliphatic heterocycles. The van der Waals surface area contributed by atoms with Crippen LogP contribution in [0.25, 0.3) is 11.3 Å². The number of aromatic nitrogens is 2. The summed E-state index contributed by atoms with van der Waals surface area (Å²) in [6, 6.07) is 6.60. The summed E-state index contributed by atoms with van der Waals surface area (Å²) >= 11 is 0. The molecule has 0 unspecified atom stereocenters. The number of hydrogen-bond donors (Lipinski definition) is 1. The lowest BCUT2D eigenvalue weighted by Crippen LogP contribution is -2.07. The SMILES string of the molecule is N#Cc1c(N)nnc2c1CCCOCc1cc(OC(F)F)ccc1-2. The van der Waals surface area contributed by atoms with Crippen LogP contribution in [-0.4, -0.2) is 23.4 Å². The molecule has 0 spiro atoms. The van der Waals surface area contributed by atoms with Crippen molar-refractivity contribution in [2.75, 3.05) is 12.3 Å². The molecule has 0 atom stereocenters. The Labute approximate surface area is 136 Å². The highest BCUT2D eigenvalue weighted by atomic mass is 19.3. The van der Waals surface area contributed by atoms with Crippen molar-refractivity contribution < 1.29 is 18.3 Å². The summed E-state index contributed by atoms with van der Waals surface area (Å²) in [6.07, 6.45) is 1.24. The fourth-order valence-electron chi connectivity index (χ4n) is 2.70. The van der Waals surface area contributed by atoms with Gasteiger partial charge in [-0.3, -0.25) is 0 Å². The van der Waals surface area contributed by atoms with E-state index in [1.165, 1.54) is 12.1 Å². The van der Waals surface area contributed by atoms with Gasteiger partial charge < -0.3 is 15.2 Å². The van der Waals surface area contributed by atoms with Crippen molar-refractivity contribution in [2.24, 2.45) is 0 Å². The molecular formula is C16H14F2N4O2. The number of nitrogens with zero attached hydrogens (tertiary/aromatic N) is 3. The molecule has 8 heteroatoms. The Morgan fingerprint density at radius 3 is 2.92 bits per heavy atom. The third-order valence-electron chi connectivity index (χ3n) is 3.74. The molecule has 0 bridgehead atoms.